The second kappa shape index (κ2) is 11.5. The van der Waals surface area contributed by atoms with E-state index in [-0.39, 0.29) is 18.9 Å². The van der Waals surface area contributed by atoms with E-state index in [0.717, 1.165) is 28.5 Å². The van der Waals surface area contributed by atoms with E-state index in [1.54, 1.807) is 11.0 Å². The topological polar surface area (TPSA) is 45.7 Å². The molecule has 0 fully saturated rings. The van der Waals surface area contributed by atoms with Crippen LogP contribution in [0.4, 0.5) is 13.2 Å². The van der Waals surface area contributed by atoms with Crippen molar-refractivity contribution in [2.75, 3.05) is 27.2 Å². The van der Waals surface area contributed by atoms with Gasteiger partial charge in [-0.05, 0) is 50.8 Å². The van der Waals surface area contributed by atoms with E-state index in [0.29, 0.717) is 31.0 Å². The fraction of sp³-hybridized carbons (Fsp3) is 0.360. The molecule has 1 aromatic heterocycles. The first kappa shape index (κ1) is 25.7. The van der Waals surface area contributed by atoms with Crippen molar-refractivity contribution in [3.05, 3.63) is 81.3 Å². The van der Waals surface area contributed by atoms with E-state index in [1.807, 2.05) is 55.6 Å². The fourth-order valence-electron chi connectivity index (χ4n) is 3.22. The normalized spacial score (nSPS) is 11.6. The molecular formula is C25H28F3N3O2S. The minimum atomic E-state index is -4.42. The molecule has 0 aliphatic carbocycles. The molecule has 3 rings (SSSR count). The van der Waals surface area contributed by atoms with E-state index in [1.165, 1.54) is 17.4 Å². The van der Waals surface area contributed by atoms with Gasteiger partial charge in [-0.15, -0.1) is 11.3 Å². The second-order valence-electron chi connectivity index (χ2n) is 8.33. The number of aryl methyl sites for hydroxylation is 1. The van der Waals surface area contributed by atoms with Crippen LogP contribution in [-0.2, 0) is 30.5 Å². The van der Waals surface area contributed by atoms with Gasteiger partial charge >= 0.3 is 6.18 Å². The Bertz CT molecular complexity index is 1080. The largest absolute Gasteiger partial charge is 0.486 e. The van der Waals surface area contributed by atoms with Crippen LogP contribution in [0.25, 0.3) is 0 Å². The number of ether oxygens (including phenoxy) is 1. The van der Waals surface area contributed by atoms with Crippen LogP contribution in [0.1, 0.15) is 27.4 Å². The number of alkyl halides is 3. The third-order valence-corrected chi connectivity index (χ3v) is 5.98. The maximum absolute atomic E-state index is 13.1. The molecule has 9 heteroatoms. The molecule has 0 spiro atoms. The monoisotopic (exact) mass is 491 g/mol. The Kier molecular flexibility index (Phi) is 8.68. The Hall–Kier alpha value is -2.91. The summed E-state index contributed by atoms with van der Waals surface area (Å²) >= 11 is 1.41. The van der Waals surface area contributed by atoms with Crippen molar-refractivity contribution in [2.24, 2.45) is 0 Å². The molecule has 1 heterocycles. The van der Waals surface area contributed by atoms with E-state index < -0.39 is 11.7 Å². The highest BCUT2D eigenvalue weighted by Crippen LogP contribution is 2.29. The Morgan fingerprint density at radius 3 is 2.50 bits per heavy atom. The maximum Gasteiger partial charge on any atom is 0.416 e. The van der Waals surface area contributed by atoms with Crippen LogP contribution >= 0.6 is 11.3 Å². The second-order valence-corrected chi connectivity index (χ2v) is 9.27. The van der Waals surface area contributed by atoms with Crippen molar-refractivity contribution >= 4 is 17.2 Å². The summed E-state index contributed by atoms with van der Waals surface area (Å²) in [4.78, 5) is 21.1. The number of amides is 1. The van der Waals surface area contributed by atoms with E-state index in [4.69, 9.17) is 4.74 Å². The van der Waals surface area contributed by atoms with Crippen molar-refractivity contribution in [2.45, 2.75) is 32.7 Å². The molecule has 2 aromatic carbocycles. The van der Waals surface area contributed by atoms with E-state index in [9.17, 15) is 18.0 Å². The van der Waals surface area contributed by atoms with Crippen molar-refractivity contribution in [1.82, 2.24) is 14.8 Å². The van der Waals surface area contributed by atoms with E-state index >= 15 is 0 Å². The zero-order chi connectivity index (χ0) is 24.7. The summed E-state index contributed by atoms with van der Waals surface area (Å²) < 4.78 is 45.0. The summed E-state index contributed by atoms with van der Waals surface area (Å²) in [6.07, 6.45) is -4.35. The first-order valence-corrected chi connectivity index (χ1v) is 11.7. The predicted molar refractivity (Wildman–Crippen MR) is 127 cm³/mol. The van der Waals surface area contributed by atoms with Crippen molar-refractivity contribution in [3.8, 4) is 5.75 Å². The van der Waals surface area contributed by atoms with Crippen LogP contribution in [0.15, 0.2) is 53.9 Å². The Morgan fingerprint density at radius 1 is 1.09 bits per heavy atom. The van der Waals surface area contributed by atoms with Crippen LogP contribution in [-0.4, -0.2) is 47.9 Å². The first-order chi connectivity index (χ1) is 16.1. The molecule has 0 saturated carbocycles. The lowest BCUT2D eigenvalue weighted by Crippen LogP contribution is -2.37. The first-order valence-electron chi connectivity index (χ1n) is 10.8. The van der Waals surface area contributed by atoms with Gasteiger partial charge in [0, 0.05) is 25.0 Å². The van der Waals surface area contributed by atoms with Crippen molar-refractivity contribution in [3.63, 3.8) is 0 Å². The standard InChI is InChI=1S/C25H28F3N3O2S/c1-18-7-9-22(10-8-18)33-16-23-29-21(17-34-23)14-24(32)31(12-11-30(2)3)15-19-5-4-6-20(13-19)25(26,27)28/h4-10,13,17H,11-12,14-16H2,1-3H3. The third kappa shape index (κ3) is 7.85. The number of halogens is 3. The number of thiazole rings is 1. The zero-order valence-electron chi connectivity index (χ0n) is 19.4. The molecular weight excluding hydrogens is 463 g/mol. The molecule has 0 bridgehead atoms. The molecule has 0 N–H and O–H groups in total. The van der Waals surface area contributed by atoms with Gasteiger partial charge in [-0.2, -0.15) is 13.2 Å². The Morgan fingerprint density at radius 2 is 1.82 bits per heavy atom. The molecule has 34 heavy (non-hydrogen) atoms. The molecule has 0 aliphatic rings. The number of carbonyl (C=O) groups excluding carboxylic acids is 1. The SMILES string of the molecule is Cc1ccc(OCc2nc(CC(=O)N(CCN(C)C)Cc3cccc(C(F)(F)F)c3)cs2)cc1. The minimum absolute atomic E-state index is 0.0768. The van der Waals surface area contributed by atoms with Crippen LogP contribution in [0.2, 0.25) is 0 Å². The average Bonchev–Trinajstić information content (AvgIpc) is 3.23. The smallest absolute Gasteiger partial charge is 0.416 e. The number of nitrogens with zero attached hydrogens (tertiary/aromatic N) is 3. The van der Waals surface area contributed by atoms with Gasteiger partial charge in [-0.1, -0.05) is 29.8 Å². The molecule has 5 nitrogen and oxygen atoms in total. The number of hydrogen-bond donors (Lipinski definition) is 0. The number of hydrogen-bond acceptors (Lipinski definition) is 5. The van der Waals surface area contributed by atoms with E-state index in [2.05, 4.69) is 4.98 Å². The molecule has 0 aliphatic heterocycles. The highest BCUT2D eigenvalue weighted by molar-refractivity contribution is 7.09. The molecule has 0 saturated heterocycles. The summed E-state index contributed by atoms with van der Waals surface area (Å²) in [7, 11) is 3.77. The number of rotatable bonds is 10. The lowest BCUT2D eigenvalue weighted by Gasteiger charge is -2.25. The quantitative estimate of drug-likeness (QED) is 0.392. The summed E-state index contributed by atoms with van der Waals surface area (Å²) in [5.41, 5.74) is 1.48. The van der Waals surface area contributed by atoms with Gasteiger partial charge in [-0.25, -0.2) is 4.98 Å². The number of carbonyl (C=O) groups is 1. The zero-order valence-corrected chi connectivity index (χ0v) is 20.2. The van der Waals surface area contributed by atoms with Crippen molar-refractivity contribution in [1.29, 1.82) is 0 Å². The molecule has 3 aromatic rings. The van der Waals surface area contributed by atoms with Gasteiger partial charge in [-0.3, -0.25) is 4.79 Å². The van der Waals surface area contributed by atoms with Gasteiger partial charge in [0.15, 0.2) is 0 Å². The number of likely N-dealkylation sites (N-methyl/N-ethyl adjacent to an activating group) is 1. The minimum Gasteiger partial charge on any atom is -0.486 e. The van der Waals surface area contributed by atoms with Gasteiger partial charge in [0.05, 0.1) is 17.7 Å². The fourth-order valence-corrected chi connectivity index (χ4v) is 3.93. The molecule has 0 radical (unpaired) electrons. The molecule has 1 amide bonds. The third-order valence-electron chi connectivity index (χ3n) is 5.11. The Labute approximate surface area is 201 Å². The summed E-state index contributed by atoms with van der Waals surface area (Å²) in [5.74, 6) is 0.560. The predicted octanol–water partition coefficient (Wildman–Crippen LogP) is 5.18. The molecule has 0 atom stereocenters. The van der Waals surface area contributed by atoms with Crippen LogP contribution in [0, 0.1) is 6.92 Å². The lowest BCUT2D eigenvalue weighted by atomic mass is 10.1. The van der Waals surface area contributed by atoms with Crippen LogP contribution < -0.4 is 4.74 Å². The highest BCUT2D eigenvalue weighted by Gasteiger charge is 2.30. The summed E-state index contributed by atoms with van der Waals surface area (Å²) in [5, 5.41) is 2.57. The van der Waals surface area contributed by atoms with Gasteiger partial charge in [0.25, 0.3) is 0 Å². The molecule has 182 valence electrons. The Balaban J connectivity index is 1.64. The number of aromatic nitrogens is 1. The van der Waals surface area contributed by atoms with Gasteiger partial charge < -0.3 is 14.5 Å². The lowest BCUT2D eigenvalue weighted by molar-refractivity contribution is -0.137. The van der Waals surface area contributed by atoms with Crippen LogP contribution in [0.3, 0.4) is 0 Å². The summed E-state index contributed by atoms with van der Waals surface area (Å²) in [6, 6.07) is 12.8. The maximum atomic E-state index is 13.1. The van der Waals surface area contributed by atoms with Crippen molar-refractivity contribution < 1.29 is 22.7 Å². The highest BCUT2D eigenvalue weighted by atomic mass is 32.1. The van der Waals surface area contributed by atoms with Crippen LogP contribution in [0.5, 0.6) is 5.75 Å². The molecule has 0 unspecified atom stereocenters. The average molecular weight is 492 g/mol. The van der Waals surface area contributed by atoms with Gasteiger partial charge in [0.2, 0.25) is 5.91 Å². The summed E-state index contributed by atoms with van der Waals surface area (Å²) in [6.45, 7) is 3.40. The van der Waals surface area contributed by atoms with Gasteiger partial charge in [0.1, 0.15) is 17.4 Å². The number of benzene rings is 2.